The minimum atomic E-state index is -1.21. The molecule has 1 aliphatic rings. The standard InChI is InChI=1S/C18H19F2N3O5/c1-9-15(10(2)24)16(11-5-6-12(19)13(20)8-11)23(18(28)22-9)17(27)21-7-3-4-14(25)26/h5-6,8,15-16H,3-4,7H2,1-2H3,(H,21,27)(H,25,26). The van der Waals surface area contributed by atoms with Crippen LogP contribution in [-0.4, -0.2) is 46.1 Å². The van der Waals surface area contributed by atoms with Crippen LogP contribution in [0.2, 0.25) is 0 Å². The van der Waals surface area contributed by atoms with Crippen LogP contribution in [-0.2, 0) is 9.59 Å². The van der Waals surface area contributed by atoms with Crippen LogP contribution in [0, 0.1) is 17.6 Å². The molecular formula is C18H19F2N3O5. The Morgan fingerprint density at radius 3 is 2.50 bits per heavy atom. The van der Waals surface area contributed by atoms with Crippen molar-refractivity contribution in [3.8, 4) is 0 Å². The fourth-order valence-corrected chi connectivity index (χ4v) is 3.06. The Balaban J connectivity index is 2.39. The number of urea groups is 2. The highest BCUT2D eigenvalue weighted by molar-refractivity contribution is 6.12. The molecule has 0 saturated carbocycles. The quantitative estimate of drug-likeness (QED) is 0.719. The Kier molecular flexibility index (Phi) is 6.55. The Hall–Kier alpha value is -3.17. The lowest BCUT2D eigenvalue weighted by Gasteiger charge is -2.37. The number of ketones is 1. The third-order valence-corrected chi connectivity index (χ3v) is 4.31. The Morgan fingerprint density at radius 2 is 1.93 bits per heavy atom. The van der Waals surface area contributed by atoms with Crippen molar-refractivity contribution >= 4 is 29.5 Å². The lowest BCUT2D eigenvalue weighted by atomic mass is 9.84. The topological polar surface area (TPSA) is 116 Å². The molecule has 2 rings (SSSR count). The number of halogens is 2. The highest BCUT2D eigenvalue weighted by Crippen LogP contribution is 2.35. The van der Waals surface area contributed by atoms with Crippen molar-refractivity contribution in [2.75, 3.05) is 6.54 Å². The van der Waals surface area contributed by atoms with E-state index in [0.29, 0.717) is 4.90 Å². The predicted molar refractivity (Wildman–Crippen MR) is 93.9 cm³/mol. The van der Waals surface area contributed by atoms with Gasteiger partial charge in [0.25, 0.3) is 0 Å². The van der Waals surface area contributed by atoms with E-state index in [-0.39, 0.29) is 30.7 Å². The molecule has 2 unspecified atom stereocenters. The second-order valence-corrected chi connectivity index (χ2v) is 6.34. The molecule has 28 heavy (non-hydrogen) atoms. The van der Waals surface area contributed by atoms with Gasteiger partial charge >= 0.3 is 18.0 Å². The summed E-state index contributed by atoms with van der Waals surface area (Å²) in [6.45, 7) is 2.65. The fourth-order valence-electron chi connectivity index (χ4n) is 3.06. The van der Waals surface area contributed by atoms with Crippen LogP contribution in [0.25, 0.3) is 0 Å². The number of benzene rings is 1. The highest BCUT2D eigenvalue weighted by atomic mass is 19.2. The number of nitrogens with zero attached hydrogens (tertiary/aromatic N) is 2. The lowest BCUT2D eigenvalue weighted by molar-refractivity contribution is -0.137. The van der Waals surface area contributed by atoms with Gasteiger partial charge in [0, 0.05) is 18.7 Å². The maximum Gasteiger partial charge on any atom is 0.352 e. The number of nitrogens with one attached hydrogen (secondary N) is 1. The van der Waals surface area contributed by atoms with Gasteiger partial charge in [-0.25, -0.2) is 28.3 Å². The summed E-state index contributed by atoms with van der Waals surface area (Å²) in [6.07, 6.45) is -0.0639. The van der Waals surface area contributed by atoms with Gasteiger partial charge < -0.3 is 10.4 Å². The number of carbonyl (C=O) groups is 4. The van der Waals surface area contributed by atoms with Crippen LogP contribution < -0.4 is 5.32 Å². The fraction of sp³-hybridized carbons (Fsp3) is 0.389. The van der Waals surface area contributed by atoms with Crippen LogP contribution in [0.3, 0.4) is 0 Å². The molecule has 2 N–H and O–H groups in total. The molecule has 4 amide bonds. The maximum atomic E-state index is 13.8. The first kappa shape index (κ1) is 21.1. The Morgan fingerprint density at radius 1 is 1.25 bits per heavy atom. The average Bonchev–Trinajstić information content (AvgIpc) is 2.59. The van der Waals surface area contributed by atoms with E-state index in [4.69, 9.17) is 5.11 Å². The van der Waals surface area contributed by atoms with E-state index in [1.807, 2.05) is 0 Å². The molecule has 0 aromatic heterocycles. The van der Waals surface area contributed by atoms with E-state index in [1.54, 1.807) is 0 Å². The SMILES string of the molecule is CC(=O)C1C(C)=NC(=O)N(C(=O)NCCCC(=O)O)C1c1ccc(F)c(F)c1. The first-order chi connectivity index (χ1) is 13.1. The molecule has 0 fully saturated rings. The third kappa shape index (κ3) is 4.56. The second kappa shape index (κ2) is 8.68. The van der Waals surface area contributed by atoms with Gasteiger partial charge in [0.2, 0.25) is 0 Å². The van der Waals surface area contributed by atoms with Crippen molar-refractivity contribution in [3.05, 3.63) is 35.4 Å². The Labute approximate surface area is 159 Å². The number of imide groups is 1. The van der Waals surface area contributed by atoms with E-state index in [9.17, 15) is 28.0 Å². The first-order valence-corrected chi connectivity index (χ1v) is 8.47. The summed E-state index contributed by atoms with van der Waals surface area (Å²) in [5.74, 6) is -4.77. The predicted octanol–water partition coefficient (Wildman–Crippen LogP) is 2.68. The number of carbonyl (C=O) groups excluding carboxylic acids is 3. The number of carboxylic acid groups (broad SMARTS) is 1. The minimum Gasteiger partial charge on any atom is -0.481 e. The number of Topliss-reactive ketones (excluding diaryl/α,β-unsaturated/α-hetero) is 1. The number of rotatable bonds is 6. The number of aliphatic imine (C=N–C) groups is 1. The number of amides is 4. The molecule has 150 valence electrons. The van der Waals surface area contributed by atoms with Crippen molar-refractivity contribution in [1.29, 1.82) is 0 Å². The summed E-state index contributed by atoms with van der Waals surface area (Å²) < 4.78 is 27.1. The van der Waals surface area contributed by atoms with Gasteiger partial charge in [0.15, 0.2) is 11.6 Å². The summed E-state index contributed by atoms with van der Waals surface area (Å²) in [5.41, 5.74) is 0.213. The van der Waals surface area contributed by atoms with Crippen molar-refractivity contribution in [2.24, 2.45) is 10.9 Å². The summed E-state index contributed by atoms with van der Waals surface area (Å²) in [7, 11) is 0. The van der Waals surface area contributed by atoms with Gasteiger partial charge in [-0.2, -0.15) is 0 Å². The zero-order valence-electron chi connectivity index (χ0n) is 15.2. The molecule has 10 heteroatoms. The van der Waals surface area contributed by atoms with Gasteiger partial charge in [-0.1, -0.05) is 6.07 Å². The molecule has 0 bridgehead atoms. The number of aliphatic carboxylic acids is 1. The van der Waals surface area contributed by atoms with Crippen molar-refractivity contribution in [3.63, 3.8) is 0 Å². The molecule has 1 aromatic rings. The molecule has 2 atom stereocenters. The molecule has 0 aliphatic carbocycles. The van der Waals surface area contributed by atoms with Crippen LogP contribution >= 0.6 is 0 Å². The van der Waals surface area contributed by atoms with Gasteiger partial charge in [-0.15, -0.1) is 0 Å². The van der Waals surface area contributed by atoms with Crippen molar-refractivity contribution < 1.29 is 33.1 Å². The van der Waals surface area contributed by atoms with Crippen LogP contribution in [0.15, 0.2) is 23.2 Å². The van der Waals surface area contributed by atoms with E-state index in [2.05, 4.69) is 10.3 Å². The zero-order chi connectivity index (χ0) is 21.0. The van der Waals surface area contributed by atoms with Crippen LogP contribution in [0.4, 0.5) is 18.4 Å². The first-order valence-electron chi connectivity index (χ1n) is 8.47. The van der Waals surface area contributed by atoms with Crippen molar-refractivity contribution in [1.82, 2.24) is 10.2 Å². The van der Waals surface area contributed by atoms with Gasteiger partial charge in [-0.05, 0) is 38.0 Å². The summed E-state index contributed by atoms with van der Waals surface area (Å²) >= 11 is 0. The molecule has 0 saturated heterocycles. The lowest BCUT2D eigenvalue weighted by Crippen LogP contribution is -2.52. The van der Waals surface area contributed by atoms with E-state index in [1.165, 1.54) is 19.9 Å². The van der Waals surface area contributed by atoms with Crippen molar-refractivity contribution in [2.45, 2.75) is 32.7 Å². The summed E-state index contributed by atoms with van der Waals surface area (Å²) in [5, 5.41) is 11.0. The molecule has 1 heterocycles. The Bertz CT molecular complexity index is 856. The number of carboxylic acids is 1. The summed E-state index contributed by atoms with van der Waals surface area (Å²) in [4.78, 5) is 52.1. The second-order valence-electron chi connectivity index (χ2n) is 6.34. The average molecular weight is 395 g/mol. The third-order valence-electron chi connectivity index (χ3n) is 4.31. The maximum absolute atomic E-state index is 13.8. The van der Waals surface area contributed by atoms with E-state index >= 15 is 0 Å². The monoisotopic (exact) mass is 395 g/mol. The molecule has 8 nitrogen and oxygen atoms in total. The molecule has 0 radical (unpaired) electrons. The summed E-state index contributed by atoms with van der Waals surface area (Å²) in [6, 6.07) is -0.219. The minimum absolute atomic E-state index is 0.0349. The van der Waals surface area contributed by atoms with E-state index < -0.39 is 47.4 Å². The van der Waals surface area contributed by atoms with Crippen LogP contribution in [0.5, 0.6) is 0 Å². The smallest absolute Gasteiger partial charge is 0.352 e. The molecule has 1 aromatic carbocycles. The molecular weight excluding hydrogens is 376 g/mol. The molecule has 0 spiro atoms. The van der Waals surface area contributed by atoms with E-state index in [0.717, 1.165) is 12.1 Å². The number of hydrogen-bond donors (Lipinski definition) is 2. The normalized spacial score (nSPS) is 19.2. The van der Waals surface area contributed by atoms with Crippen LogP contribution in [0.1, 0.15) is 38.3 Å². The molecule has 1 aliphatic heterocycles. The van der Waals surface area contributed by atoms with Gasteiger partial charge in [0.1, 0.15) is 5.78 Å². The highest BCUT2D eigenvalue weighted by Gasteiger charge is 2.43. The zero-order valence-corrected chi connectivity index (χ0v) is 15.2. The largest absolute Gasteiger partial charge is 0.481 e. The number of hydrogen-bond acceptors (Lipinski definition) is 4. The van der Waals surface area contributed by atoms with Gasteiger partial charge in [-0.3, -0.25) is 9.59 Å². The van der Waals surface area contributed by atoms with Gasteiger partial charge in [0.05, 0.1) is 12.0 Å².